The first-order valence-electron chi connectivity index (χ1n) is 9.38. The average Bonchev–Trinajstić information content (AvgIpc) is 2.75. The highest BCUT2D eigenvalue weighted by molar-refractivity contribution is 7.99. The molecule has 3 rings (SSSR count). The number of nitrogens with one attached hydrogen (secondary N) is 1. The molecule has 0 saturated carbocycles. The van der Waals surface area contributed by atoms with E-state index in [4.69, 9.17) is 4.74 Å². The number of anilines is 1. The maximum absolute atomic E-state index is 12.6. The van der Waals surface area contributed by atoms with Crippen molar-refractivity contribution in [3.8, 4) is 11.5 Å². The minimum Gasteiger partial charge on any atom is -0.493 e. The normalized spacial score (nSPS) is 13.0. The van der Waals surface area contributed by atoms with Gasteiger partial charge in [0.1, 0.15) is 0 Å². The summed E-state index contributed by atoms with van der Waals surface area (Å²) in [7, 11) is 1.35. The largest absolute Gasteiger partial charge is 0.493 e. The maximum Gasteiger partial charge on any atom is 0.387 e. The number of para-hydroxylation sites is 1. The highest BCUT2D eigenvalue weighted by atomic mass is 32.2. The van der Waals surface area contributed by atoms with E-state index in [9.17, 15) is 18.4 Å². The molecule has 2 aromatic rings. The first kappa shape index (κ1) is 21.9. The molecule has 9 heteroatoms. The fourth-order valence-corrected chi connectivity index (χ4v) is 4.09. The molecule has 30 heavy (non-hydrogen) atoms. The zero-order chi connectivity index (χ0) is 21.5. The third-order valence-corrected chi connectivity index (χ3v) is 5.57. The molecule has 0 atom stereocenters. The number of ether oxygens (including phenoxy) is 2. The Morgan fingerprint density at radius 3 is 2.73 bits per heavy atom. The highest BCUT2D eigenvalue weighted by Crippen LogP contribution is 2.34. The Labute approximate surface area is 177 Å². The van der Waals surface area contributed by atoms with Gasteiger partial charge in [-0.15, -0.1) is 11.8 Å². The number of halogens is 2. The molecular weight excluding hydrogens is 414 g/mol. The lowest BCUT2D eigenvalue weighted by molar-refractivity contribution is -0.125. The molecule has 160 valence electrons. The van der Waals surface area contributed by atoms with Gasteiger partial charge in [-0.1, -0.05) is 18.2 Å². The van der Waals surface area contributed by atoms with Crippen LogP contribution < -0.4 is 19.7 Å². The van der Waals surface area contributed by atoms with Gasteiger partial charge in [0.25, 0.3) is 0 Å². The predicted octanol–water partition coefficient (Wildman–Crippen LogP) is 3.83. The van der Waals surface area contributed by atoms with Crippen LogP contribution in [0.4, 0.5) is 14.5 Å². The Morgan fingerprint density at radius 2 is 1.97 bits per heavy atom. The van der Waals surface area contributed by atoms with Gasteiger partial charge in [0.15, 0.2) is 11.5 Å². The summed E-state index contributed by atoms with van der Waals surface area (Å²) in [5, 5.41) is 2.70. The molecule has 6 nitrogen and oxygen atoms in total. The summed E-state index contributed by atoms with van der Waals surface area (Å²) in [6, 6.07) is 12.2. The minimum absolute atomic E-state index is 0.0428. The molecule has 0 unspecified atom stereocenters. The SMILES string of the molecule is COc1ccc(CNC(=O)CCC(=O)N2CCSc3ccccc32)cc1OC(F)F. The second-order valence-electron chi connectivity index (χ2n) is 6.50. The second-order valence-corrected chi connectivity index (χ2v) is 7.64. The lowest BCUT2D eigenvalue weighted by Crippen LogP contribution is -2.36. The number of amides is 2. The molecule has 2 aromatic carbocycles. The first-order valence-corrected chi connectivity index (χ1v) is 10.4. The van der Waals surface area contributed by atoms with Crippen molar-refractivity contribution in [1.82, 2.24) is 5.32 Å². The van der Waals surface area contributed by atoms with Crippen LogP contribution >= 0.6 is 11.8 Å². The summed E-state index contributed by atoms with van der Waals surface area (Å²) in [6.07, 6.45) is 0.133. The van der Waals surface area contributed by atoms with Crippen LogP contribution in [0.25, 0.3) is 0 Å². The molecule has 0 aliphatic carbocycles. The van der Waals surface area contributed by atoms with E-state index in [0.717, 1.165) is 16.3 Å². The summed E-state index contributed by atoms with van der Waals surface area (Å²) >= 11 is 1.71. The predicted molar refractivity (Wildman–Crippen MR) is 110 cm³/mol. The standard InChI is InChI=1S/C21H22F2N2O4S/c1-28-16-7-6-14(12-17(16)29-21(22)23)13-24-19(26)8-9-20(27)25-10-11-30-18-5-3-2-4-15(18)25/h2-7,12,21H,8-11,13H2,1H3,(H,24,26). The Hall–Kier alpha value is -2.81. The van der Waals surface area contributed by atoms with E-state index in [1.54, 1.807) is 22.7 Å². The molecule has 0 bridgehead atoms. The third kappa shape index (κ3) is 5.63. The topological polar surface area (TPSA) is 67.9 Å². The van der Waals surface area contributed by atoms with E-state index < -0.39 is 6.61 Å². The molecule has 0 radical (unpaired) electrons. The zero-order valence-corrected chi connectivity index (χ0v) is 17.2. The maximum atomic E-state index is 12.6. The number of nitrogens with zero attached hydrogens (tertiary/aromatic N) is 1. The monoisotopic (exact) mass is 436 g/mol. The van der Waals surface area contributed by atoms with Gasteiger partial charge in [-0.25, -0.2) is 0 Å². The summed E-state index contributed by atoms with van der Waals surface area (Å²) < 4.78 is 34.5. The van der Waals surface area contributed by atoms with E-state index in [1.807, 2.05) is 24.3 Å². The molecule has 1 heterocycles. The summed E-state index contributed by atoms with van der Waals surface area (Å²) in [5.74, 6) is 0.493. The number of fused-ring (bicyclic) bond motifs is 1. The van der Waals surface area contributed by atoms with Crippen molar-refractivity contribution in [2.75, 3.05) is 24.3 Å². The number of hydrogen-bond acceptors (Lipinski definition) is 5. The summed E-state index contributed by atoms with van der Waals surface area (Å²) in [4.78, 5) is 27.5. The molecule has 0 spiro atoms. The van der Waals surface area contributed by atoms with E-state index in [2.05, 4.69) is 10.1 Å². The molecular formula is C21H22F2N2O4S. The van der Waals surface area contributed by atoms with Gasteiger partial charge in [0, 0.05) is 36.6 Å². The van der Waals surface area contributed by atoms with Crippen LogP contribution in [0.1, 0.15) is 18.4 Å². The van der Waals surface area contributed by atoms with Gasteiger partial charge in [-0.2, -0.15) is 8.78 Å². The fraction of sp³-hybridized carbons (Fsp3) is 0.333. The van der Waals surface area contributed by atoms with Crippen molar-refractivity contribution in [3.63, 3.8) is 0 Å². The van der Waals surface area contributed by atoms with E-state index in [-0.39, 0.29) is 42.7 Å². The van der Waals surface area contributed by atoms with Gasteiger partial charge >= 0.3 is 6.61 Å². The molecule has 1 N–H and O–H groups in total. The van der Waals surface area contributed by atoms with Crippen molar-refractivity contribution in [2.45, 2.75) is 30.9 Å². The Morgan fingerprint density at radius 1 is 1.17 bits per heavy atom. The van der Waals surface area contributed by atoms with Crippen molar-refractivity contribution in [2.24, 2.45) is 0 Å². The van der Waals surface area contributed by atoms with Crippen molar-refractivity contribution < 1.29 is 27.8 Å². The molecule has 2 amide bonds. The van der Waals surface area contributed by atoms with Crippen molar-refractivity contribution in [3.05, 3.63) is 48.0 Å². The van der Waals surface area contributed by atoms with Crippen LogP contribution in [0.15, 0.2) is 47.4 Å². The van der Waals surface area contributed by atoms with Crippen LogP contribution in [-0.4, -0.2) is 37.8 Å². The van der Waals surface area contributed by atoms with Crippen molar-refractivity contribution in [1.29, 1.82) is 0 Å². The molecule has 0 saturated heterocycles. The lowest BCUT2D eigenvalue weighted by atomic mass is 10.2. The lowest BCUT2D eigenvalue weighted by Gasteiger charge is -2.29. The van der Waals surface area contributed by atoms with E-state index >= 15 is 0 Å². The number of carbonyl (C=O) groups is 2. The quantitative estimate of drug-likeness (QED) is 0.681. The Bertz CT molecular complexity index is 910. The number of carbonyl (C=O) groups excluding carboxylic acids is 2. The van der Waals surface area contributed by atoms with Crippen LogP contribution in [-0.2, 0) is 16.1 Å². The van der Waals surface area contributed by atoms with E-state index in [0.29, 0.717) is 12.1 Å². The highest BCUT2D eigenvalue weighted by Gasteiger charge is 2.22. The molecule has 0 aromatic heterocycles. The second kappa shape index (κ2) is 10.3. The van der Waals surface area contributed by atoms with Crippen molar-refractivity contribution >= 4 is 29.3 Å². The van der Waals surface area contributed by atoms with Gasteiger partial charge in [0.05, 0.1) is 12.8 Å². The molecule has 1 aliphatic heterocycles. The molecule has 1 aliphatic rings. The van der Waals surface area contributed by atoms with Crippen LogP contribution in [0.5, 0.6) is 11.5 Å². The fourth-order valence-electron chi connectivity index (χ4n) is 3.09. The smallest absolute Gasteiger partial charge is 0.387 e. The Kier molecular flexibility index (Phi) is 7.51. The van der Waals surface area contributed by atoms with Gasteiger partial charge in [0.2, 0.25) is 11.8 Å². The van der Waals surface area contributed by atoms with Crippen LogP contribution in [0.3, 0.4) is 0 Å². The van der Waals surface area contributed by atoms with E-state index in [1.165, 1.54) is 19.2 Å². The number of hydrogen-bond donors (Lipinski definition) is 1. The number of rotatable bonds is 8. The zero-order valence-electron chi connectivity index (χ0n) is 16.4. The Balaban J connectivity index is 1.51. The minimum atomic E-state index is -2.98. The van der Waals surface area contributed by atoms with Gasteiger partial charge < -0.3 is 19.7 Å². The molecule has 0 fully saturated rings. The number of thioether (sulfide) groups is 1. The number of methoxy groups -OCH3 is 1. The van der Waals surface area contributed by atoms with Gasteiger partial charge in [-0.3, -0.25) is 9.59 Å². The first-order chi connectivity index (χ1) is 14.5. The van der Waals surface area contributed by atoms with Crippen LogP contribution in [0, 0.1) is 0 Å². The third-order valence-electron chi connectivity index (χ3n) is 4.53. The summed E-state index contributed by atoms with van der Waals surface area (Å²) in [5.41, 5.74) is 1.46. The van der Waals surface area contributed by atoms with Crippen LogP contribution in [0.2, 0.25) is 0 Å². The average molecular weight is 436 g/mol. The van der Waals surface area contributed by atoms with Gasteiger partial charge in [-0.05, 0) is 29.8 Å². The number of alkyl halides is 2. The summed E-state index contributed by atoms with van der Waals surface area (Å²) in [6.45, 7) is -2.24. The number of benzene rings is 2.